The van der Waals surface area contributed by atoms with E-state index in [-0.39, 0.29) is 4.90 Å². The van der Waals surface area contributed by atoms with E-state index in [1.165, 1.54) is 24.5 Å². The number of aromatic nitrogens is 1. The number of nitrogens with one attached hydrogen (secondary N) is 2. The van der Waals surface area contributed by atoms with E-state index >= 15 is 0 Å². The van der Waals surface area contributed by atoms with Gasteiger partial charge in [0.25, 0.3) is 10.0 Å². The molecule has 0 fully saturated rings. The molecule has 0 unspecified atom stereocenters. The fourth-order valence-corrected chi connectivity index (χ4v) is 4.88. The number of para-hydroxylation sites is 2. The first-order valence-electron chi connectivity index (χ1n) is 12.2. The molecule has 2 amide bonds. The van der Waals surface area contributed by atoms with Crippen molar-refractivity contribution in [2.24, 2.45) is 0 Å². The van der Waals surface area contributed by atoms with E-state index in [0.29, 0.717) is 16.9 Å². The van der Waals surface area contributed by atoms with Crippen LogP contribution in [0, 0.1) is 0 Å². The number of carbonyl (C=O) groups is 2. The molecule has 0 aliphatic carbocycles. The van der Waals surface area contributed by atoms with E-state index in [2.05, 4.69) is 10.6 Å². The summed E-state index contributed by atoms with van der Waals surface area (Å²) >= 11 is 0. The Kier molecular flexibility index (Phi) is 8.01. The first-order valence-corrected chi connectivity index (χ1v) is 13.6. The zero-order valence-electron chi connectivity index (χ0n) is 21.8. The molecule has 0 spiro atoms. The van der Waals surface area contributed by atoms with Crippen LogP contribution in [-0.2, 0) is 19.6 Å². The normalized spacial score (nSPS) is 11.8. The van der Waals surface area contributed by atoms with Gasteiger partial charge in [-0.05, 0) is 73.9 Å². The molecule has 0 radical (unpaired) electrons. The quantitative estimate of drug-likeness (QED) is 0.263. The molecule has 0 aliphatic heterocycles. The van der Waals surface area contributed by atoms with E-state index in [1.54, 1.807) is 75.4 Å². The number of carbonyl (C=O) groups excluding carboxylic acids is 2. The Morgan fingerprint density at radius 2 is 1.38 bits per heavy atom. The van der Waals surface area contributed by atoms with Crippen LogP contribution in [0.15, 0.2) is 108 Å². The zero-order valence-corrected chi connectivity index (χ0v) is 22.6. The van der Waals surface area contributed by atoms with Crippen molar-refractivity contribution in [3.63, 3.8) is 0 Å². The largest absolute Gasteiger partial charge is 0.444 e. The first kappa shape index (κ1) is 27.4. The summed E-state index contributed by atoms with van der Waals surface area (Å²) in [5, 5.41) is 5.33. The molecule has 200 valence electrons. The van der Waals surface area contributed by atoms with Crippen LogP contribution in [0.5, 0.6) is 0 Å². The predicted molar refractivity (Wildman–Crippen MR) is 153 cm³/mol. The Hall–Kier alpha value is -4.63. The van der Waals surface area contributed by atoms with Crippen LogP contribution in [0.3, 0.4) is 0 Å². The average Bonchev–Trinajstić information content (AvgIpc) is 3.38. The highest BCUT2D eigenvalue weighted by molar-refractivity contribution is 7.90. The van der Waals surface area contributed by atoms with Crippen LogP contribution in [0.2, 0.25) is 0 Å². The highest BCUT2D eigenvalue weighted by atomic mass is 32.2. The fraction of sp³-hybridized carbons (Fsp3) is 0.133. The second-order valence-corrected chi connectivity index (χ2v) is 11.5. The molecule has 0 atom stereocenters. The van der Waals surface area contributed by atoms with Gasteiger partial charge in [0.05, 0.1) is 16.3 Å². The van der Waals surface area contributed by atoms with Crippen molar-refractivity contribution in [1.82, 2.24) is 3.97 Å². The summed E-state index contributed by atoms with van der Waals surface area (Å²) in [7, 11) is -3.80. The van der Waals surface area contributed by atoms with Crippen LogP contribution in [0.25, 0.3) is 17.2 Å². The molecule has 0 saturated heterocycles. The second-order valence-electron chi connectivity index (χ2n) is 9.67. The van der Waals surface area contributed by atoms with Gasteiger partial charge in [0, 0.05) is 18.5 Å². The minimum absolute atomic E-state index is 0.153. The van der Waals surface area contributed by atoms with Crippen LogP contribution in [-0.4, -0.2) is 30.0 Å². The highest BCUT2D eigenvalue weighted by Crippen LogP contribution is 2.24. The number of rotatable bonds is 7. The molecule has 4 aromatic rings. The Morgan fingerprint density at radius 3 is 2.03 bits per heavy atom. The number of nitrogens with zero attached hydrogens (tertiary/aromatic N) is 1. The SMILES string of the molecule is CC(C)(C)OC(=O)Nc1ccccc1NC(=O)C=Cc1ccn(S(=O)(=O)c2ccc(-c3ccccc3)cc2)c1. The third kappa shape index (κ3) is 7.24. The smallest absolute Gasteiger partial charge is 0.412 e. The molecule has 3 aromatic carbocycles. The standard InChI is InChI=1S/C30H29N3O5S/c1-30(2,3)38-29(35)32-27-12-8-7-11-26(27)31-28(34)18-13-22-19-20-33(21-22)39(36,37)25-16-14-24(15-17-25)23-9-5-4-6-10-23/h4-21H,1-3H3,(H,31,34)(H,32,35). The molecule has 1 heterocycles. The van der Waals surface area contributed by atoms with E-state index < -0.39 is 27.6 Å². The highest BCUT2D eigenvalue weighted by Gasteiger charge is 2.18. The number of ether oxygens (including phenoxy) is 1. The van der Waals surface area contributed by atoms with Gasteiger partial charge >= 0.3 is 6.09 Å². The Bertz CT molecular complexity index is 1600. The fourth-order valence-electron chi connectivity index (χ4n) is 3.67. The van der Waals surface area contributed by atoms with Crippen molar-refractivity contribution >= 4 is 39.5 Å². The Labute approximate surface area is 228 Å². The summed E-state index contributed by atoms with van der Waals surface area (Å²) in [5.74, 6) is -0.458. The van der Waals surface area contributed by atoms with Gasteiger partial charge in [0.1, 0.15) is 5.60 Å². The molecule has 8 nitrogen and oxygen atoms in total. The van der Waals surface area contributed by atoms with Crippen molar-refractivity contribution < 1.29 is 22.7 Å². The third-order valence-corrected chi connectivity index (χ3v) is 7.12. The second kappa shape index (κ2) is 11.4. The minimum Gasteiger partial charge on any atom is -0.444 e. The van der Waals surface area contributed by atoms with Gasteiger partial charge in [-0.15, -0.1) is 0 Å². The van der Waals surface area contributed by atoms with E-state index in [9.17, 15) is 18.0 Å². The number of benzene rings is 3. The minimum atomic E-state index is -3.80. The zero-order chi connectivity index (χ0) is 28.0. The van der Waals surface area contributed by atoms with Crippen molar-refractivity contribution in [1.29, 1.82) is 0 Å². The molecule has 4 rings (SSSR count). The summed E-state index contributed by atoms with van der Waals surface area (Å²) in [5.41, 5.74) is 2.53. The molecule has 0 bridgehead atoms. The van der Waals surface area contributed by atoms with Gasteiger partial charge < -0.3 is 10.1 Å². The monoisotopic (exact) mass is 543 g/mol. The molecule has 2 N–H and O–H groups in total. The lowest BCUT2D eigenvalue weighted by Crippen LogP contribution is -2.27. The summed E-state index contributed by atoms with van der Waals surface area (Å²) in [6, 6.07) is 24.7. The lowest BCUT2D eigenvalue weighted by atomic mass is 10.1. The van der Waals surface area contributed by atoms with E-state index in [4.69, 9.17) is 4.74 Å². The van der Waals surface area contributed by atoms with Gasteiger partial charge in [-0.1, -0.05) is 54.6 Å². The molecular weight excluding hydrogens is 514 g/mol. The maximum Gasteiger partial charge on any atom is 0.412 e. The van der Waals surface area contributed by atoms with Crippen LogP contribution >= 0.6 is 0 Å². The van der Waals surface area contributed by atoms with Gasteiger partial charge in [0.2, 0.25) is 5.91 Å². The Morgan fingerprint density at radius 1 is 0.795 bits per heavy atom. The van der Waals surface area contributed by atoms with Gasteiger partial charge in [-0.25, -0.2) is 17.2 Å². The number of amides is 2. The van der Waals surface area contributed by atoms with Gasteiger partial charge in [-0.2, -0.15) is 0 Å². The number of hydrogen-bond acceptors (Lipinski definition) is 5. The average molecular weight is 544 g/mol. The van der Waals surface area contributed by atoms with Gasteiger partial charge in [-0.3, -0.25) is 10.1 Å². The van der Waals surface area contributed by atoms with Gasteiger partial charge in [0.15, 0.2) is 0 Å². The summed E-state index contributed by atoms with van der Waals surface area (Å²) in [6.07, 6.45) is 5.01. The van der Waals surface area contributed by atoms with Crippen molar-refractivity contribution in [2.45, 2.75) is 31.3 Å². The number of hydrogen-bond donors (Lipinski definition) is 2. The molecule has 39 heavy (non-hydrogen) atoms. The maximum atomic E-state index is 13.1. The lowest BCUT2D eigenvalue weighted by Gasteiger charge is -2.20. The molecule has 0 saturated carbocycles. The number of anilines is 2. The summed E-state index contributed by atoms with van der Waals surface area (Å²) < 4.78 is 32.6. The molecule has 0 aliphatic rings. The predicted octanol–water partition coefficient (Wildman–Crippen LogP) is 6.39. The van der Waals surface area contributed by atoms with Crippen molar-refractivity contribution in [3.05, 3.63) is 109 Å². The molecule has 1 aromatic heterocycles. The Balaban J connectivity index is 1.42. The van der Waals surface area contributed by atoms with E-state index in [1.807, 2.05) is 30.3 Å². The molecule has 9 heteroatoms. The summed E-state index contributed by atoms with van der Waals surface area (Å²) in [6.45, 7) is 5.27. The maximum absolute atomic E-state index is 13.1. The van der Waals surface area contributed by atoms with Crippen LogP contribution in [0.4, 0.5) is 16.2 Å². The van der Waals surface area contributed by atoms with Crippen LogP contribution < -0.4 is 10.6 Å². The first-order chi connectivity index (χ1) is 18.5. The van der Waals surface area contributed by atoms with Crippen molar-refractivity contribution in [2.75, 3.05) is 10.6 Å². The topological polar surface area (TPSA) is 106 Å². The molecular formula is C30H29N3O5S. The van der Waals surface area contributed by atoms with Crippen molar-refractivity contribution in [3.8, 4) is 11.1 Å². The third-order valence-electron chi connectivity index (χ3n) is 5.47. The summed E-state index contributed by atoms with van der Waals surface area (Å²) in [4.78, 5) is 24.8. The lowest BCUT2D eigenvalue weighted by molar-refractivity contribution is -0.111. The van der Waals surface area contributed by atoms with E-state index in [0.717, 1.165) is 15.1 Å². The van der Waals surface area contributed by atoms with Crippen LogP contribution in [0.1, 0.15) is 26.3 Å².